The normalized spacial score (nSPS) is 18.4. The number of nitrogens with one attached hydrogen (secondary N) is 2. The highest BCUT2D eigenvalue weighted by Gasteiger charge is 2.24. The molecule has 224 valence electrons. The third kappa shape index (κ3) is 5.81. The smallest absolute Gasteiger partial charge is 0.273 e. The van der Waals surface area contributed by atoms with Crippen LogP contribution in [-0.4, -0.2) is 33.6 Å². The fourth-order valence-electron chi connectivity index (χ4n) is 5.94. The number of ether oxygens (including phenoxy) is 1. The Hall–Kier alpha value is -3.67. The largest absolute Gasteiger partial charge is 0.474 e. The zero-order chi connectivity index (χ0) is 30.9. The summed E-state index contributed by atoms with van der Waals surface area (Å²) in [5.74, 6) is 1.03. The molecular formula is C36H48N4O2. The molecule has 2 N–H and O–H groups in total. The van der Waals surface area contributed by atoms with Crippen molar-refractivity contribution in [3.05, 3.63) is 72.3 Å². The molecule has 0 saturated heterocycles. The van der Waals surface area contributed by atoms with Crippen LogP contribution in [0.3, 0.4) is 0 Å². The van der Waals surface area contributed by atoms with Gasteiger partial charge in [0.25, 0.3) is 5.91 Å². The van der Waals surface area contributed by atoms with E-state index in [1.807, 2.05) is 13.0 Å². The van der Waals surface area contributed by atoms with Crippen LogP contribution in [-0.2, 0) is 22.4 Å². The molecule has 0 bridgehead atoms. The van der Waals surface area contributed by atoms with Crippen LogP contribution in [0, 0.1) is 19.8 Å². The Morgan fingerprint density at radius 2 is 1.38 bits per heavy atom. The minimum absolute atomic E-state index is 0.102. The van der Waals surface area contributed by atoms with Crippen LogP contribution in [0.4, 0.5) is 0 Å². The van der Waals surface area contributed by atoms with Crippen molar-refractivity contribution in [3.63, 3.8) is 0 Å². The van der Waals surface area contributed by atoms with Gasteiger partial charge in [0.15, 0.2) is 0 Å². The molecule has 0 radical (unpaired) electrons. The number of amides is 1. The number of H-pyrrole nitrogens is 2. The molecule has 1 amide bonds. The monoisotopic (exact) mass is 568 g/mol. The lowest BCUT2D eigenvalue weighted by Crippen LogP contribution is -2.20. The first-order chi connectivity index (χ1) is 19.9. The molecule has 1 atom stereocenters. The summed E-state index contributed by atoms with van der Waals surface area (Å²) >= 11 is 0. The molecule has 2 aromatic heterocycles. The number of carbonyl (C=O) groups is 1. The maximum atomic E-state index is 12.3. The van der Waals surface area contributed by atoms with Crippen LogP contribution in [0.5, 0.6) is 0 Å². The van der Waals surface area contributed by atoms with Gasteiger partial charge < -0.3 is 14.7 Å². The second-order valence-corrected chi connectivity index (χ2v) is 11.8. The lowest BCUT2D eigenvalue weighted by Gasteiger charge is -2.18. The molecular weight excluding hydrogens is 520 g/mol. The third-order valence-electron chi connectivity index (χ3n) is 9.01. The molecule has 0 aliphatic carbocycles. The summed E-state index contributed by atoms with van der Waals surface area (Å²) < 4.78 is 6.25. The van der Waals surface area contributed by atoms with Crippen molar-refractivity contribution in [2.75, 3.05) is 0 Å². The molecule has 6 heteroatoms. The van der Waals surface area contributed by atoms with Crippen LogP contribution in [0.2, 0.25) is 0 Å². The highest BCUT2D eigenvalue weighted by atomic mass is 16.5. The van der Waals surface area contributed by atoms with Gasteiger partial charge in [0.05, 0.1) is 17.5 Å². The van der Waals surface area contributed by atoms with Gasteiger partial charge in [-0.1, -0.05) is 41.5 Å². The first kappa shape index (κ1) is 31.3. The Kier molecular flexibility index (Phi) is 9.44. The Labute approximate surface area is 251 Å². The molecule has 4 heterocycles. The molecule has 4 rings (SSSR count). The van der Waals surface area contributed by atoms with Gasteiger partial charge in [0.2, 0.25) is 5.90 Å². The Bertz CT molecular complexity index is 1680. The van der Waals surface area contributed by atoms with Crippen molar-refractivity contribution in [1.29, 1.82) is 0 Å². The van der Waals surface area contributed by atoms with Crippen LogP contribution >= 0.6 is 0 Å². The SMILES string of the molecule is CCC1=C(C)C(=O)N=C1/C=c1/[nH]/c(=C\c2[nH]c(/C=C3\N=C(O[C@H](C)C(C)C)C(C)=C3CC)c(C)c2CC)c(CC)c1C. The molecule has 42 heavy (non-hydrogen) atoms. The predicted octanol–water partition coefficient (Wildman–Crippen LogP) is 6.94. The molecule has 6 nitrogen and oxygen atoms in total. The number of aromatic nitrogens is 2. The third-order valence-corrected chi connectivity index (χ3v) is 9.01. The number of rotatable bonds is 9. The summed E-state index contributed by atoms with van der Waals surface area (Å²) in [4.78, 5) is 28.9. The number of aliphatic imine (C=N–C) groups is 2. The van der Waals surface area contributed by atoms with E-state index >= 15 is 0 Å². The minimum Gasteiger partial charge on any atom is -0.474 e. The second kappa shape index (κ2) is 12.7. The highest BCUT2D eigenvalue weighted by Crippen LogP contribution is 2.32. The van der Waals surface area contributed by atoms with Crippen molar-refractivity contribution >= 4 is 35.7 Å². The van der Waals surface area contributed by atoms with Gasteiger partial charge in [-0.25, -0.2) is 9.98 Å². The topological polar surface area (TPSA) is 82.6 Å². The van der Waals surface area contributed by atoms with E-state index in [1.165, 1.54) is 27.8 Å². The van der Waals surface area contributed by atoms with Crippen molar-refractivity contribution in [2.45, 2.75) is 108 Å². The molecule has 2 aliphatic rings. The van der Waals surface area contributed by atoms with Crippen LogP contribution in [0.1, 0.15) is 109 Å². The van der Waals surface area contributed by atoms with Crippen molar-refractivity contribution < 1.29 is 9.53 Å². The van der Waals surface area contributed by atoms with E-state index in [9.17, 15) is 4.79 Å². The molecule has 2 aliphatic heterocycles. The maximum Gasteiger partial charge on any atom is 0.273 e. The fraction of sp³-hybridized carbons (Fsp3) is 0.472. The zero-order valence-corrected chi connectivity index (χ0v) is 27.4. The standard InChI is InChI=1S/C36H48N4O2/c1-12-25-20(7)29(16-33-27(14-3)22(9)35(41)39-33)37-31(25)18-32-26(13-2)21(8)30(38-32)17-34-28(15-4)23(10)36(40-34)42-24(11)19(5)6/h16-19,24,37-38H,12-15H2,1-11H3/b29-16+,31-18-,34-17-/t24-/m1/s1. The van der Waals surface area contributed by atoms with E-state index in [0.717, 1.165) is 81.8 Å². The molecule has 2 aromatic rings. The zero-order valence-electron chi connectivity index (χ0n) is 27.4. The molecule has 0 fully saturated rings. The number of hydrogen-bond acceptors (Lipinski definition) is 3. The lowest BCUT2D eigenvalue weighted by atomic mass is 10.0. The van der Waals surface area contributed by atoms with Crippen molar-refractivity contribution in [3.8, 4) is 0 Å². The lowest BCUT2D eigenvalue weighted by molar-refractivity contribution is -0.114. The summed E-state index contributed by atoms with van der Waals surface area (Å²) in [6.45, 7) is 23.4. The summed E-state index contributed by atoms with van der Waals surface area (Å²) in [5, 5.41) is 2.09. The number of allylic oxidation sites excluding steroid dienone is 2. The maximum absolute atomic E-state index is 12.3. The predicted molar refractivity (Wildman–Crippen MR) is 176 cm³/mol. The van der Waals surface area contributed by atoms with Gasteiger partial charge in [0, 0.05) is 33.2 Å². The van der Waals surface area contributed by atoms with Gasteiger partial charge >= 0.3 is 0 Å². The molecule has 0 aromatic carbocycles. The van der Waals surface area contributed by atoms with E-state index in [1.54, 1.807) is 0 Å². The van der Waals surface area contributed by atoms with Crippen LogP contribution in [0.25, 0.3) is 18.2 Å². The van der Waals surface area contributed by atoms with E-state index < -0.39 is 0 Å². The van der Waals surface area contributed by atoms with Gasteiger partial charge in [-0.2, -0.15) is 0 Å². The number of hydrogen-bond donors (Lipinski definition) is 2. The first-order valence-corrected chi connectivity index (χ1v) is 15.6. The van der Waals surface area contributed by atoms with Gasteiger partial charge in [-0.15, -0.1) is 0 Å². The Balaban J connectivity index is 1.80. The molecule has 0 unspecified atom stereocenters. The number of nitrogens with zero attached hydrogens (tertiary/aromatic N) is 2. The fourth-order valence-corrected chi connectivity index (χ4v) is 5.94. The average molecular weight is 569 g/mol. The van der Waals surface area contributed by atoms with Gasteiger partial charge in [-0.05, 0) is 118 Å². The summed E-state index contributed by atoms with van der Waals surface area (Å²) in [7, 11) is 0. The summed E-state index contributed by atoms with van der Waals surface area (Å²) in [6, 6.07) is 0. The quantitative estimate of drug-likeness (QED) is 0.343. The number of aromatic amines is 2. The highest BCUT2D eigenvalue weighted by molar-refractivity contribution is 6.30. The van der Waals surface area contributed by atoms with Crippen molar-refractivity contribution in [2.24, 2.45) is 15.9 Å². The van der Waals surface area contributed by atoms with Gasteiger partial charge in [-0.3, -0.25) is 4.79 Å². The molecule has 0 spiro atoms. The minimum atomic E-state index is -0.128. The Morgan fingerprint density at radius 3 is 1.98 bits per heavy atom. The van der Waals surface area contributed by atoms with E-state index in [2.05, 4.69) is 96.3 Å². The summed E-state index contributed by atoms with van der Waals surface area (Å²) in [5.41, 5.74) is 13.1. The van der Waals surface area contributed by atoms with E-state index in [0.29, 0.717) is 5.92 Å². The number of carbonyl (C=O) groups excluding carboxylic acids is 1. The first-order valence-electron chi connectivity index (χ1n) is 15.6. The second-order valence-electron chi connectivity index (χ2n) is 11.8. The Morgan fingerprint density at radius 1 is 0.714 bits per heavy atom. The summed E-state index contributed by atoms with van der Waals surface area (Å²) in [6.07, 6.45) is 10.1. The van der Waals surface area contributed by atoms with Crippen molar-refractivity contribution in [1.82, 2.24) is 9.97 Å². The molecule has 0 saturated carbocycles. The van der Waals surface area contributed by atoms with E-state index in [4.69, 9.17) is 9.73 Å². The van der Waals surface area contributed by atoms with Gasteiger partial charge in [0.1, 0.15) is 0 Å². The van der Waals surface area contributed by atoms with E-state index in [-0.39, 0.29) is 12.0 Å². The average Bonchev–Trinajstić information content (AvgIpc) is 3.61. The van der Waals surface area contributed by atoms with Crippen LogP contribution < -0.4 is 10.7 Å². The van der Waals surface area contributed by atoms with Crippen LogP contribution in [0.15, 0.2) is 38.0 Å².